The van der Waals surface area contributed by atoms with Gasteiger partial charge in [-0.2, -0.15) is 0 Å². The summed E-state index contributed by atoms with van der Waals surface area (Å²) in [7, 11) is -3.40. The Hall–Kier alpha value is -2.18. The van der Waals surface area contributed by atoms with Gasteiger partial charge in [-0.3, -0.25) is 4.79 Å². The molecule has 5 nitrogen and oxygen atoms in total. The average Bonchev–Trinajstić information content (AvgIpc) is 2.55. The molecule has 0 saturated heterocycles. The number of nitrogens with two attached hydrogens (primary N) is 1. The molecule has 0 aromatic heterocycles. The fraction of sp³-hybridized carbons (Fsp3) is 0.316. The van der Waals surface area contributed by atoms with E-state index in [0.717, 1.165) is 5.56 Å². The molecule has 2 aromatic carbocycles. The first kappa shape index (κ1) is 19.1. The van der Waals surface area contributed by atoms with E-state index in [-0.39, 0.29) is 17.7 Å². The van der Waals surface area contributed by atoms with Crippen LogP contribution < -0.4 is 11.1 Å². The molecule has 1 unspecified atom stereocenters. The van der Waals surface area contributed by atoms with Gasteiger partial charge in [0.2, 0.25) is 0 Å². The third-order valence-corrected chi connectivity index (χ3v) is 5.54. The van der Waals surface area contributed by atoms with Gasteiger partial charge in [-0.05, 0) is 50.1 Å². The highest BCUT2D eigenvalue weighted by molar-refractivity contribution is 7.90. The van der Waals surface area contributed by atoms with Gasteiger partial charge in [-0.1, -0.05) is 29.8 Å². The molecule has 0 fully saturated rings. The van der Waals surface area contributed by atoms with Crippen LogP contribution in [0.15, 0.2) is 53.4 Å². The number of sulfone groups is 1. The van der Waals surface area contributed by atoms with E-state index >= 15 is 0 Å². The van der Waals surface area contributed by atoms with Gasteiger partial charge in [0, 0.05) is 18.2 Å². The van der Waals surface area contributed by atoms with Crippen molar-refractivity contribution in [2.75, 3.05) is 6.54 Å². The van der Waals surface area contributed by atoms with E-state index in [1.807, 2.05) is 13.8 Å². The van der Waals surface area contributed by atoms with Crippen molar-refractivity contribution in [3.05, 3.63) is 65.2 Å². The topological polar surface area (TPSA) is 89.3 Å². The van der Waals surface area contributed by atoms with Gasteiger partial charge in [0.1, 0.15) is 0 Å². The van der Waals surface area contributed by atoms with E-state index in [0.29, 0.717) is 29.0 Å². The van der Waals surface area contributed by atoms with Gasteiger partial charge >= 0.3 is 0 Å². The maximum atomic E-state index is 12.4. The van der Waals surface area contributed by atoms with E-state index in [9.17, 15) is 13.2 Å². The van der Waals surface area contributed by atoms with Crippen LogP contribution in [0.25, 0.3) is 0 Å². The molecule has 0 aliphatic heterocycles. The van der Waals surface area contributed by atoms with Crippen molar-refractivity contribution in [1.29, 1.82) is 0 Å². The molecular weight excluding hydrogens is 336 g/mol. The molecule has 0 radical (unpaired) electrons. The van der Waals surface area contributed by atoms with Crippen molar-refractivity contribution >= 4 is 15.7 Å². The summed E-state index contributed by atoms with van der Waals surface area (Å²) in [6.07, 6.45) is 0.707. The third-order valence-electron chi connectivity index (χ3n) is 3.84. The predicted octanol–water partition coefficient (Wildman–Crippen LogP) is 2.44. The maximum absolute atomic E-state index is 12.4. The number of hydrogen-bond donors (Lipinski definition) is 2. The first-order chi connectivity index (χ1) is 11.8. The highest BCUT2D eigenvalue weighted by Gasteiger charge is 2.15. The Morgan fingerprint density at radius 2 is 1.68 bits per heavy atom. The predicted molar refractivity (Wildman–Crippen MR) is 99.1 cm³/mol. The molecule has 25 heavy (non-hydrogen) atoms. The van der Waals surface area contributed by atoms with Gasteiger partial charge < -0.3 is 11.1 Å². The summed E-state index contributed by atoms with van der Waals surface area (Å²) in [5.74, 6) is -0.281. The minimum absolute atomic E-state index is 0.0367. The SMILES string of the molecule is Cc1ccc(S(=O)(=O)Cc2ccc(C(=O)NCCC(C)N)cc2)cc1. The number of carbonyl (C=O) groups is 1. The van der Waals surface area contributed by atoms with Gasteiger partial charge in [0.05, 0.1) is 10.6 Å². The lowest BCUT2D eigenvalue weighted by Crippen LogP contribution is -2.28. The molecule has 0 heterocycles. The Morgan fingerprint density at radius 1 is 1.08 bits per heavy atom. The Labute approximate surface area is 149 Å². The van der Waals surface area contributed by atoms with E-state index < -0.39 is 9.84 Å². The zero-order chi connectivity index (χ0) is 18.4. The molecule has 0 spiro atoms. The van der Waals surface area contributed by atoms with Crippen molar-refractivity contribution in [3.8, 4) is 0 Å². The molecule has 1 amide bonds. The Bertz CT molecular complexity index is 811. The average molecular weight is 360 g/mol. The summed E-state index contributed by atoms with van der Waals surface area (Å²) in [5.41, 5.74) is 7.80. The normalized spacial score (nSPS) is 12.6. The van der Waals surface area contributed by atoms with Crippen LogP contribution in [-0.2, 0) is 15.6 Å². The quantitative estimate of drug-likeness (QED) is 0.794. The van der Waals surface area contributed by atoms with Gasteiger partial charge in [0.15, 0.2) is 9.84 Å². The second kappa shape index (κ2) is 8.27. The van der Waals surface area contributed by atoms with Crippen molar-refractivity contribution < 1.29 is 13.2 Å². The van der Waals surface area contributed by atoms with E-state index in [2.05, 4.69) is 5.32 Å². The summed E-state index contributed by atoms with van der Waals surface area (Å²) in [4.78, 5) is 12.3. The van der Waals surface area contributed by atoms with E-state index in [1.165, 1.54) is 0 Å². The summed E-state index contributed by atoms with van der Waals surface area (Å²) < 4.78 is 24.9. The lowest BCUT2D eigenvalue weighted by molar-refractivity contribution is 0.0953. The fourth-order valence-corrected chi connectivity index (χ4v) is 3.66. The second-order valence-electron chi connectivity index (χ2n) is 6.29. The highest BCUT2D eigenvalue weighted by Crippen LogP contribution is 2.17. The van der Waals surface area contributed by atoms with E-state index in [1.54, 1.807) is 48.5 Å². The Kier molecular flexibility index (Phi) is 6.33. The van der Waals surface area contributed by atoms with Crippen LogP contribution >= 0.6 is 0 Å². The molecular formula is C19H24N2O3S. The van der Waals surface area contributed by atoms with Crippen molar-refractivity contribution in [1.82, 2.24) is 5.32 Å². The molecule has 2 rings (SSSR count). The van der Waals surface area contributed by atoms with Crippen LogP contribution in [0, 0.1) is 6.92 Å². The zero-order valence-corrected chi connectivity index (χ0v) is 15.3. The number of aryl methyl sites for hydroxylation is 1. The summed E-state index contributed by atoms with van der Waals surface area (Å²) in [5, 5.41) is 2.79. The smallest absolute Gasteiger partial charge is 0.251 e. The largest absolute Gasteiger partial charge is 0.352 e. The number of benzene rings is 2. The van der Waals surface area contributed by atoms with Gasteiger partial charge in [-0.15, -0.1) is 0 Å². The van der Waals surface area contributed by atoms with Gasteiger partial charge in [-0.25, -0.2) is 8.42 Å². The van der Waals surface area contributed by atoms with Crippen LogP contribution in [0.3, 0.4) is 0 Å². The molecule has 134 valence electrons. The summed E-state index contributed by atoms with van der Waals surface area (Å²) >= 11 is 0. The van der Waals surface area contributed by atoms with Crippen LogP contribution in [-0.4, -0.2) is 26.9 Å². The van der Waals surface area contributed by atoms with E-state index in [4.69, 9.17) is 5.73 Å². The molecule has 0 bridgehead atoms. The minimum Gasteiger partial charge on any atom is -0.352 e. The first-order valence-corrected chi connectivity index (χ1v) is 9.85. The van der Waals surface area contributed by atoms with Crippen LogP contribution in [0.4, 0.5) is 0 Å². The van der Waals surface area contributed by atoms with Gasteiger partial charge in [0.25, 0.3) is 5.91 Å². The lowest BCUT2D eigenvalue weighted by Gasteiger charge is -2.08. The summed E-state index contributed by atoms with van der Waals surface area (Å²) in [6.45, 7) is 4.31. The monoisotopic (exact) mass is 360 g/mol. The van der Waals surface area contributed by atoms with Crippen LogP contribution in [0.1, 0.15) is 34.8 Å². The molecule has 0 aliphatic carbocycles. The number of amides is 1. The molecule has 3 N–H and O–H groups in total. The van der Waals surface area contributed by atoms with Crippen molar-refractivity contribution in [3.63, 3.8) is 0 Å². The van der Waals surface area contributed by atoms with Crippen LogP contribution in [0.2, 0.25) is 0 Å². The second-order valence-corrected chi connectivity index (χ2v) is 8.28. The minimum atomic E-state index is -3.40. The third kappa shape index (κ3) is 5.69. The number of hydrogen-bond acceptors (Lipinski definition) is 4. The molecule has 6 heteroatoms. The molecule has 0 saturated carbocycles. The Balaban J connectivity index is 2.02. The summed E-state index contributed by atoms with van der Waals surface area (Å²) in [6, 6.07) is 13.5. The number of carbonyl (C=O) groups excluding carboxylic acids is 1. The number of rotatable bonds is 7. The number of nitrogens with one attached hydrogen (secondary N) is 1. The van der Waals surface area contributed by atoms with Crippen LogP contribution in [0.5, 0.6) is 0 Å². The zero-order valence-electron chi connectivity index (χ0n) is 14.5. The van der Waals surface area contributed by atoms with Crippen molar-refractivity contribution in [2.24, 2.45) is 5.73 Å². The maximum Gasteiger partial charge on any atom is 0.251 e. The first-order valence-electron chi connectivity index (χ1n) is 8.20. The molecule has 0 aliphatic rings. The Morgan fingerprint density at radius 3 is 2.24 bits per heavy atom. The molecule has 1 atom stereocenters. The molecule has 2 aromatic rings. The standard InChI is InChI=1S/C19H24N2O3S/c1-14-3-9-18(10-4-14)25(23,24)13-16-5-7-17(8-6-16)19(22)21-12-11-15(2)20/h3-10,15H,11-13,20H2,1-2H3,(H,21,22). The van der Waals surface area contributed by atoms with Crippen molar-refractivity contribution in [2.45, 2.75) is 37.0 Å². The fourth-order valence-electron chi connectivity index (χ4n) is 2.32. The highest BCUT2D eigenvalue weighted by atomic mass is 32.2. The lowest BCUT2D eigenvalue weighted by atomic mass is 10.1.